The normalized spacial score (nSPS) is 11.0. The SMILES string of the molecule is N#Cc1ccc(N(c2ccccc2)c2ccc3c(c2)oc2cc(N(c4ccc(C#N)cc4)c4ccc(-c5ccccc5)cc4)c4ccccc4c23)cc1. The third-order valence-corrected chi connectivity index (χ3v) is 9.70. The lowest BCUT2D eigenvalue weighted by molar-refractivity contribution is 0.669. The number of benzene rings is 8. The fourth-order valence-corrected chi connectivity index (χ4v) is 7.19. The largest absolute Gasteiger partial charge is 0.456 e. The fraction of sp³-hybridized carbons (Fsp3) is 0. The summed E-state index contributed by atoms with van der Waals surface area (Å²) in [7, 11) is 0. The van der Waals surface area contributed by atoms with E-state index in [4.69, 9.17) is 4.42 Å². The van der Waals surface area contributed by atoms with Crippen LogP contribution in [0.1, 0.15) is 11.1 Å². The summed E-state index contributed by atoms with van der Waals surface area (Å²) in [6.45, 7) is 0. The van der Waals surface area contributed by atoms with E-state index in [0.717, 1.165) is 78.0 Å². The molecule has 0 aliphatic carbocycles. The monoisotopic (exact) mass is 678 g/mol. The molecule has 0 amide bonds. The molecule has 1 heterocycles. The van der Waals surface area contributed by atoms with E-state index < -0.39 is 0 Å². The first-order valence-corrected chi connectivity index (χ1v) is 17.4. The first-order chi connectivity index (χ1) is 26.2. The van der Waals surface area contributed by atoms with E-state index >= 15 is 0 Å². The molecule has 8 aromatic carbocycles. The molecule has 0 fully saturated rings. The van der Waals surface area contributed by atoms with Crippen molar-refractivity contribution in [2.24, 2.45) is 0 Å². The molecule has 1 aromatic heterocycles. The first kappa shape index (κ1) is 31.4. The number of para-hydroxylation sites is 1. The Bertz CT molecular complexity index is 2830. The second kappa shape index (κ2) is 13.3. The minimum Gasteiger partial charge on any atom is -0.456 e. The van der Waals surface area contributed by atoms with E-state index in [1.54, 1.807) is 0 Å². The van der Waals surface area contributed by atoms with Gasteiger partial charge in [0.1, 0.15) is 11.2 Å². The van der Waals surface area contributed by atoms with Gasteiger partial charge in [0.15, 0.2) is 0 Å². The molecule has 0 spiro atoms. The molecular formula is C48H30N4O. The molecule has 248 valence electrons. The van der Waals surface area contributed by atoms with Crippen LogP contribution in [-0.2, 0) is 0 Å². The van der Waals surface area contributed by atoms with Gasteiger partial charge in [-0.3, -0.25) is 0 Å². The van der Waals surface area contributed by atoms with Gasteiger partial charge >= 0.3 is 0 Å². The molecule has 0 N–H and O–H groups in total. The maximum Gasteiger partial charge on any atom is 0.138 e. The predicted octanol–water partition coefficient (Wildman–Crippen LogP) is 13.1. The van der Waals surface area contributed by atoms with Crippen molar-refractivity contribution in [3.8, 4) is 23.3 Å². The molecule has 5 heteroatoms. The van der Waals surface area contributed by atoms with Gasteiger partial charge in [-0.2, -0.15) is 10.5 Å². The summed E-state index contributed by atoms with van der Waals surface area (Å²) < 4.78 is 6.80. The molecule has 0 saturated heterocycles. The molecule has 0 aliphatic rings. The van der Waals surface area contributed by atoms with Crippen molar-refractivity contribution >= 4 is 66.8 Å². The van der Waals surface area contributed by atoms with Crippen molar-refractivity contribution in [3.05, 3.63) is 193 Å². The van der Waals surface area contributed by atoms with Gasteiger partial charge in [-0.05, 0) is 101 Å². The van der Waals surface area contributed by atoms with Gasteiger partial charge in [-0.25, -0.2) is 0 Å². The molecule has 9 rings (SSSR count). The Balaban J connectivity index is 1.23. The van der Waals surface area contributed by atoms with Gasteiger partial charge in [0.2, 0.25) is 0 Å². The average molecular weight is 679 g/mol. The van der Waals surface area contributed by atoms with Gasteiger partial charge in [0, 0.05) is 56.7 Å². The molecule has 5 nitrogen and oxygen atoms in total. The Hall–Kier alpha value is -7.60. The zero-order valence-electron chi connectivity index (χ0n) is 28.5. The van der Waals surface area contributed by atoms with Crippen LogP contribution in [0, 0.1) is 22.7 Å². The van der Waals surface area contributed by atoms with Crippen LogP contribution >= 0.6 is 0 Å². The highest BCUT2D eigenvalue weighted by Gasteiger charge is 2.22. The Morgan fingerprint density at radius 3 is 1.49 bits per heavy atom. The lowest BCUT2D eigenvalue weighted by atomic mass is 10.00. The Morgan fingerprint density at radius 1 is 0.377 bits per heavy atom. The summed E-state index contributed by atoms with van der Waals surface area (Å²) in [6.07, 6.45) is 0. The zero-order chi connectivity index (χ0) is 35.7. The molecule has 0 saturated carbocycles. The van der Waals surface area contributed by atoms with E-state index in [0.29, 0.717) is 11.1 Å². The minimum atomic E-state index is 0.604. The summed E-state index contributed by atoms with van der Waals surface area (Å²) in [5.74, 6) is 0. The van der Waals surface area contributed by atoms with Crippen LogP contribution in [0.15, 0.2) is 186 Å². The summed E-state index contributed by atoms with van der Waals surface area (Å²) >= 11 is 0. The van der Waals surface area contributed by atoms with Crippen LogP contribution in [0.4, 0.5) is 34.1 Å². The summed E-state index contributed by atoms with van der Waals surface area (Å²) in [5.41, 5.74) is 10.8. The minimum absolute atomic E-state index is 0.604. The zero-order valence-corrected chi connectivity index (χ0v) is 28.5. The number of anilines is 6. The van der Waals surface area contributed by atoms with Crippen molar-refractivity contribution < 1.29 is 4.42 Å². The highest BCUT2D eigenvalue weighted by molar-refractivity contribution is 6.22. The third kappa shape index (κ3) is 5.69. The Labute approximate surface area is 307 Å². The molecule has 0 unspecified atom stereocenters. The number of nitrogens with zero attached hydrogens (tertiary/aromatic N) is 4. The van der Waals surface area contributed by atoms with E-state index in [1.807, 2.05) is 72.8 Å². The second-order valence-corrected chi connectivity index (χ2v) is 12.8. The lowest BCUT2D eigenvalue weighted by Gasteiger charge is -2.27. The molecular weight excluding hydrogens is 649 g/mol. The van der Waals surface area contributed by atoms with E-state index in [9.17, 15) is 10.5 Å². The van der Waals surface area contributed by atoms with Crippen molar-refractivity contribution in [1.29, 1.82) is 10.5 Å². The lowest BCUT2D eigenvalue weighted by Crippen LogP contribution is -2.10. The van der Waals surface area contributed by atoms with E-state index in [1.165, 1.54) is 0 Å². The number of rotatable bonds is 7. The van der Waals surface area contributed by atoms with Crippen LogP contribution in [0.3, 0.4) is 0 Å². The highest BCUT2D eigenvalue weighted by Crippen LogP contribution is 2.46. The molecule has 0 atom stereocenters. The number of furan rings is 1. The predicted molar refractivity (Wildman–Crippen MR) is 215 cm³/mol. The van der Waals surface area contributed by atoms with Crippen molar-refractivity contribution in [3.63, 3.8) is 0 Å². The van der Waals surface area contributed by atoms with Gasteiger partial charge in [-0.15, -0.1) is 0 Å². The van der Waals surface area contributed by atoms with Crippen LogP contribution in [0.2, 0.25) is 0 Å². The maximum absolute atomic E-state index is 9.58. The smallest absolute Gasteiger partial charge is 0.138 e. The van der Waals surface area contributed by atoms with Crippen LogP contribution in [0.5, 0.6) is 0 Å². The quantitative estimate of drug-likeness (QED) is 0.168. The standard InChI is InChI=1S/C48H30N4O/c49-31-33-15-21-38(22-16-33)51(37-11-5-2-6-12-37)41-27-28-44-46(29-41)53-47-30-45(42-13-7-8-14-43(42)48(44)47)52(39-23-17-34(32-50)18-24-39)40-25-19-36(20-26-40)35-9-3-1-4-10-35/h1-30H. The topological polar surface area (TPSA) is 67.2 Å². The number of hydrogen-bond acceptors (Lipinski definition) is 5. The van der Waals surface area contributed by atoms with Crippen LogP contribution < -0.4 is 9.80 Å². The van der Waals surface area contributed by atoms with Crippen molar-refractivity contribution in [1.82, 2.24) is 0 Å². The van der Waals surface area contributed by atoms with Crippen molar-refractivity contribution in [2.45, 2.75) is 0 Å². The summed E-state index contributed by atoms with van der Waals surface area (Å²) in [6, 6.07) is 65.9. The van der Waals surface area contributed by atoms with Crippen molar-refractivity contribution in [2.75, 3.05) is 9.80 Å². The average Bonchev–Trinajstić information content (AvgIpc) is 3.60. The number of hydrogen-bond donors (Lipinski definition) is 0. The van der Waals surface area contributed by atoms with E-state index in [-0.39, 0.29) is 0 Å². The molecule has 53 heavy (non-hydrogen) atoms. The molecule has 0 radical (unpaired) electrons. The molecule has 0 aliphatic heterocycles. The molecule has 0 bridgehead atoms. The Kier molecular flexibility index (Phi) is 7.86. The fourth-order valence-electron chi connectivity index (χ4n) is 7.19. The van der Waals surface area contributed by atoms with Gasteiger partial charge in [0.25, 0.3) is 0 Å². The maximum atomic E-state index is 9.58. The Morgan fingerprint density at radius 2 is 0.868 bits per heavy atom. The summed E-state index contributed by atoms with van der Waals surface area (Å²) in [5, 5.41) is 23.2. The first-order valence-electron chi connectivity index (χ1n) is 17.4. The van der Waals surface area contributed by atoms with Crippen LogP contribution in [0.25, 0.3) is 43.8 Å². The third-order valence-electron chi connectivity index (χ3n) is 9.70. The van der Waals surface area contributed by atoms with Gasteiger partial charge in [0.05, 0.1) is 29.0 Å². The van der Waals surface area contributed by atoms with Gasteiger partial charge in [-0.1, -0.05) is 84.9 Å². The second-order valence-electron chi connectivity index (χ2n) is 12.8. The highest BCUT2D eigenvalue weighted by atomic mass is 16.3. The number of fused-ring (bicyclic) bond motifs is 5. The van der Waals surface area contributed by atoms with E-state index in [2.05, 4.69) is 131 Å². The molecule has 9 aromatic rings. The summed E-state index contributed by atoms with van der Waals surface area (Å²) in [4.78, 5) is 4.40. The van der Waals surface area contributed by atoms with Crippen LogP contribution in [-0.4, -0.2) is 0 Å². The number of nitriles is 2. The van der Waals surface area contributed by atoms with Gasteiger partial charge < -0.3 is 14.2 Å².